The second kappa shape index (κ2) is 9.23. The Hall–Kier alpha value is -2.99. The molecule has 1 aromatic heterocycles. The fourth-order valence-electron chi connectivity index (χ4n) is 4.04. The lowest BCUT2D eigenvalue weighted by Crippen LogP contribution is -2.32. The van der Waals surface area contributed by atoms with Crippen LogP contribution in [0.1, 0.15) is 18.1 Å². The average molecular weight is 528 g/mol. The van der Waals surface area contributed by atoms with Gasteiger partial charge in [0.2, 0.25) is 0 Å². The Labute approximate surface area is 212 Å². The first-order chi connectivity index (χ1) is 16.7. The summed E-state index contributed by atoms with van der Waals surface area (Å²) in [6.45, 7) is 1.82. The number of hydrogen-bond donors (Lipinski definition) is 1. The highest BCUT2D eigenvalue weighted by molar-refractivity contribution is 8.26. The van der Waals surface area contributed by atoms with Crippen molar-refractivity contribution in [2.45, 2.75) is 19.4 Å². The van der Waals surface area contributed by atoms with E-state index in [1.54, 1.807) is 10.8 Å². The maximum atomic E-state index is 13.0. The van der Waals surface area contributed by atoms with Crippen LogP contribution < -0.4 is 4.74 Å². The van der Waals surface area contributed by atoms with E-state index in [9.17, 15) is 13.2 Å². The molecule has 3 aromatic rings. The van der Waals surface area contributed by atoms with Gasteiger partial charge in [-0.25, -0.2) is 4.68 Å². The van der Waals surface area contributed by atoms with Crippen molar-refractivity contribution in [3.8, 4) is 22.7 Å². The Morgan fingerprint density at radius 2 is 2.03 bits per heavy atom. The average Bonchev–Trinajstić information content (AvgIpc) is 3.47. The number of thioether (sulfide) groups is 1. The van der Waals surface area contributed by atoms with Gasteiger partial charge in [-0.15, -0.1) is 0 Å². The molecular formula is C24H21N3O5S3. The zero-order valence-corrected chi connectivity index (χ0v) is 21.1. The Bertz CT molecular complexity index is 1460. The summed E-state index contributed by atoms with van der Waals surface area (Å²) in [7, 11) is -4.22. The van der Waals surface area contributed by atoms with E-state index in [1.165, 1.54) is 4.90 Å². The van der Waals surface area contributed by atoms with Crippen molar-refractivity contribution in [3.05, 3.63) is 70.8 Å². The van der Waals surface area contributed by atoms with Gasteiger partial charge < -0.3 is 4.74 Å². The second-order valence-electron chi connectivity index (χ2n) is 8.29. The number of amides is 1. The molecule has 2 aliphatic rings. The van der Waals surface area contributed by atoms with E-state index in [0.29, 0.717) is 10.6 Å². The molecule has 180 valence electrons. The van der Waals surface area contributed by atoms with Crippen LogP contribution in [0.2, 0.25) is 0 Å². The molecule has 0 bridgehead atoms. The van der Waals surface area contributed by atoms with Crippen molar-refractivity contribution in [2.75, 3.05) is 12.3 Å². The Morgan fingerprint density at radius 3 is 2.77 bits per heavy atom. The zero-order valence-electron chi connectivity index (χ0n) is 18.6. The number of aromatic nitrogens is 2. The molecule has 2 aliphatic heterocycles. The molecule has 2 aromatic carbocycles. The Balaban J connectivity index is 1.54. The number of ether oxygens (including phenoxy) is 1. The summed E-state index contributed by atoms with van der Waals surface area (Å²) in [6, 6.07) is 15.6. The van der Waals surface area contributed by atoms with Gasteiger partial charge in [0.05, 0.1) is 16.3 Å². The SMILES string of the molecule is C[C@H]1Cc2cc(-c3nn(-c4ccccc4)cc3/C=C3\SC(=S)N(CCS(=O)(=O)O)C3=O)ccc2O1. The third kappa shape index (κ3) is 5.03. The van der Waals surface area contributed by atoms with E-state index in [1.807, 2.05) is 55.6 Å². The highest BCUT2D eigenvalue weighted by Crippen LogP contribution is 2.37. The van der Waals surface area contributed by atoms with Gasteiger partial charge in [0.25, 0.3) is 16.0 Å². The van der Waals surface area contributed by atoms with Crippen LogP contribution in [0.4, 0.5) is 0 Å². The molecule has 1 fully saturated rings. The number of nitrogens with zero attached hydrogens (tertiary/aromatic N) is 3. The third-order valence-electron chi connectivity index (χ3n) is 5.67. The van der Waals surface area contributed by atoms with E-state index in [2.05, 4.69) is 6.07 Å². The predicted molar refractivity (Wildman–Crippen MR) is 139 cm³/mol. The number of benzene rings is 2. The summed E-state index contributed by atoms with van der Waals surface area (Å²) >= 11 is 6.38. The highest BCUT2D eigenvalue weighted by Gasteiger charge is 2.33. The topological polar surface area (TPSA) is 102 Å². The van der Waals surface area contributed by atoms with Gasteiger partial charge in [0.15, 0.2) is 0 Å². The summed E-state index contributed by atoms with van der Waals surface area (Å²) in [6.07, 6.45) is 4.50. The van der Waals surface area contributed by atoms with Gasteiger partial charge in [0, 0.05) is 30.3 Å². The van der Waals surface area contributed by atoms with E-state index in [0.717, 1.165) is 46.3 Å². The number of fused-ring (bicyclic) bond motifs is 1. The van der Waals surface area contributed by atoms with Gasteiger partial charge in [-0.3, -0.25) is 14.2 Å². The molecule has 1 amide bonds. The minimum absolute atomic E-state index is 0.117. The third-order valence-corrected chi connectivity index (χ3v) is 7.74. The molecule has 1 saturated heterocycles. The van der Waals surface area contributed by atoms with Crippen molar-refractivity contribution in [1.29, 1.82) is 0 Å². The number of carbonyl (C=O) groups is 1. The maximum Gasteiger partial charge on any atom is 0.266 e. The van der Waals surface area contributed by atoms with Crippen LogP contribution in [0, 0.1) is 0 Å². The monoisotopic (exact) mass is 527 g/mol. The summed E-state index contributed by atoms with van der Waals surface area (Å²) < 4.78 is 39.2. The van der Waals surface area contributed by atoms with E-state index < -0.39 is 21.8 Å². The van der Waals surface area contributed by atoms with Crippen LogP contribution in [0.5, 0.6) is 5.75 Å². The summed E-state index contributed by atoms with van der Waals surface area (Å²) in [4.78, 5) is 14.5. The van der Waals surface area contributed by atoms with Crippen LogP contribution in [-0.2, 0) is 21.3 Å². The van der Waals surface area contributed by atoms with Crippen molar-refractivity contribution in [3.63, 3.8) is 0 Å². The predicted octanol–water partition coefficient (Wildman–Crippen LogP) is 3.95. The lowest BCUT2D eigenvalue weighted by atomic mass is 10.0. The van der Waals surface area contributed by atoms with Crippen LogP contribution in [0.25, 0.3) is 23.0 Å². The standard InChI is InChI=1S/C24H21N3O5S3/c1-15-11-17-12-16(7-8-20(17)32-15)22-18(14-27(25-22)19-5-3-2-4-6-19)13-21-23(28)26(24(33)34-21)9-10-35(29,30)31/h2-8,12-15H,9-11H2,1H3,(H,29,30,31)/b21-13-/t15-/m0/s1. The van der Waals surface area contributed by atoms with E-state index >= 15 is 0 Å². The molecule has 0 spiro atoms. The number of carbonyl (C=O) groups excluding carboxylic acids is 1. The number of hydrogen-bond acceptors (Lipinski definition) is 7. The van der Waals surface area contributed by atoms with Crippen LogP contribution in [0.15, 0.2) is 59.6 Å². The fourth-order valence-corrected chi connectivity index (χ4v) is 5.75. The fraction of sp³-hybridized carbons (Fsp3) is 0.208. The lowest BCUT2D eigenvalue weighted by molar-refractivity contribution is -0.121. The molecule has 0 saturated carbocycles. The van der Waals surface area contributed by atoms with Crippen LogP contribution in [-0.4, -0.2) is 56.3 Å². The summed E-state index contributed by atoms with van der Waals surface area (Å²) in [5.41, 5.74) is 4.28. The highest BCUT2D eigenvalue weighted by atomic mass is 32.2. The van der Waals surface area contributed by atoms with E-state index in [4.69, 9.17) is 26.6 Å². The van der Waals surface area contributed by atoms with Gasteiger partial charge in [0.1, 0.15) is 21.9 Å². The summed E-state index contributed by atoms with van der Waals surface area (Å²) in [5.74, 6) is -0.122. The minimum Gasteiger partial charge on any atom is -0.490 e. The van der Waals surface area contributed by atoms with Crippen LogP contribution in [0.3, 0.4) is 0 Å². The first-order valence-corrected chi connectivity index (χ1v) is 13.7. The van der Waals surface area contributed by atoms with Gasteiger partial charge in [-0.1, -0.05) is 42.2 Å². The number of rotatable bonds is 6. The summed E-state index contributed by atoms with van der Waals surface area (Å²) in [5, 5.41) is 4.82. The molecule has 1 N–H and O–H groups in total. The molecule has 3 heterocycles. The normalized spacial score (nSPS) is 18.9. The molecular weight excluding hydrogens is 506 g/mol. The number of thiocarbonyl (C=S) groups is 1. The first-order valence-electron chi connectivity index (χ1n) is 10.8. The molecule has 0 unspecified atom stereocenters. The Kier molecular flexibility index (Phi) is 6.26. The van der Waals surface area contributed by atoms with E-state index in [-0.39, 0.29) is 17.0 Å². The number of para-hydroxylation sites is 1. The largest absolute Gasteiger partial charge is 0.490 e. The zero-order chi connectivity index (χ0) is 24.7. The smallest absolute Gasteiger partial charge is 0.266 e. The van der Waals surface area contributed by atoms with Gasteiger partial charge in [-0.2, -0.15) is 13.5 Å². The van der Waals surface area contributed by atoms with Crippen LogP contribution >= 0.6 is 24.0 Å². The van der Waals surface area contributed by atoms with Gasteiger partial charge in [-0.05, 0) is 48.9 Å². The van der Waals surface area contributed by atoms with Crippen molar-refractivity contribution in [2.24, 2.45) is 0 Å². The van der Waals surface area contributed by atoms with Crippen molar-refractivity contribution in [1.82, 2.24) is 14.7 Å². The van der Waals surface area contributed by atoms with Crippen molar-refractivity contribution >= 4 is 50.4 Å². The molecule has 11 heteroatoms. The molecule has 0 radical (unpaired) electrons. The quantitative estimate of drug-likeness (QED) is 0.292. The minimum atomic E-state index is -4.22. The van der Waals surface area contributed by atoms with Crippen molar-refractivity contribution < 1.29 is 22.5 Å². The molecule has 8 nitrogen and oxygen atoms in total. The molecule has 5 rings (SSSR count). The second-order valence-corrected chi connectivity index (χ2v) is 11.5. The first kappa shape index (κ1) is 23.7. The molecule has 35 heavy (non-hydrogen) atoms. The maximum absolute atomic E-state index is 13.0. The lowest BCUT2D eigenvalue weighted by Gasteiger charge is -2.12. The van der Waals surface area contributed by atoms with Gasteiger partial charge >= 0.3 is 0 Å². The Morgan fingerprint density at radius 1 is 1.26 bits per heavy atom. The molecule has 1 atom stereocenters. The molecule has 0 aliphatic carbocycles.